The fourth-order valence-corrected chi connectivity index (χ4v) is 2.03. The molecule has 9 heteroatoms. The van der Waals surface area contributed by atoms with E-state index >= 15 is 0 Å². The number of rotatable bonds is 5. The number of nitro groups is 1. The van der Waals surface area contributed by atoms with E-state index in [2.05, 4.69) is 4.74 Å². The van der Waals surface area contributed by atoms with Crippen molar-refractivity contribution in [1.82, 2.24) is 4.72 Å². The second-order valence-electron chi connectivity index (χ2n) is 3.15. The predicted octanol–water partition coefficient (Wildman–Crippen LogP) is 0.0461. The summed E-state index contributed by atoms with van der Waals surface area (Å²) in [6, 6.07) is 4.29. The van der Waals surface area contributed by atoms with E-state index in [-0.39, 0.29) is 10.6 Å². The fraction of sp³-hybridized carbons (Fsp3) is 0.222. The van der Waals surface area contributed by atoms with Gasteiger partial charge < -0.3 is 4.74 Å². The molecule has 18 heavy (non-hydrogen) atoms. The lowest BCUT2D eigenvalue weighted by atomic mass is 10.3. The van der Waals surface area contributed by atoms with Crippen LogP contribution in [0.1, 0.15) is 0 Å². The number of nitro benzene ring substituents is 1. The molecule has 8 nitrogen and oxygen atoms in total. The van der Waals surface area contributed by atoms with E-state index in [0.29, 0.717) is 0 Å². The quantitative estimate of drug-likeness (QED) is 0.460. The van der Waals surface area contributed by atoms with Crippen LogP contribution < -0.4 is 4.72 Å². The van der Waals surface area contributed by atoms with Gasteiger partial charge in [-0.3, -0.25) is 14.9 Å². The van der Waals surface area contributed by atoms with Gasteiger partial charge in [0.1, 0.15) is 6.54 Å². The van der Waals surface area contributed by atoms with Crippen molar-refractivity contribution in [2.75, 3.05) is 13.7 Å². The van der Waals surface area contributed by atoms with Crippen LogP contribution in [-0.2, 0) is 19.6 Å². The minimum Gasteiger partial charge on any atom is -0.468 e. The first-order valence-corrected chi connectivity index (χ1v) is 6.16. The van der Waals surface area contributed by atoms with Crippen LogP contribution in [0.5, 0.6) is 0 Å². The molecule has 1 N–H and O–H groups in total. The summed E-state index contributed by atoms with van der Waals surface area (Å²) in [5.74, 6) is -0.736. The molecule has 0 atom stereocenters. The molecular formula is C9H10N2O6S. The number of nitrogens with one attached hydrogen (secondary N) is 1. The van der Waals surface area contributed by atoms with Gasteiger partial charge in [0.15, 0.2) is 0 Å². The molecule has 0 radical (unpaired) electrons. The predicted molar refractivity (Wildman–Crippen MR) is 60.3 cm³/mol. The Balaban J connectivity index is 2.85. The van der Waals surface area contributed by atoms with E-state index in [1.54, 1.807) is 0 Å². The van der Waals surface area contributed by atoms with Crippen LogP contribution in [-0.4, -0.2) is 33.0 Å². The Morgan fingerprint density at radius 1 is 1.39 bits per heavy atom. The van der Waals surface area contributed by atoms with E-state index in [1.165, 1.54) is 0 Å². The summed E-state index contributed by atoms with van der Waals surface area (Å²) in [5, 5.41) is 10.4. The lowest BCUT2D eigenvalue weighted by Gasteiger charge is -2.05. The highest BCUT2D eigenvalue weighted by Crippen LogP contribution is 2.15. The number of sulfonamides is 1. The maximum Gasteiger partial charge on any atom is 0.320 e. The average molecular weight is 274 g/mol. The van der Waals surface area contributed by atoms with Gasteiger partial charge in [0.25, 0.3) is 5.69 Å². The van der Waals surface area contributed by atoms with E-state index in [1.807, 2.05) is 4.72 Å². The molecule has 1 rings (SSSR count). The Morgan fingerprint density at radius 3 is 2.39 bits per heavy atom. The summed E-state index contributed by atoms with van der Waals surface area (Å²) < 4.78 is 29.6. The molecule has 0 spiro atoms. The number of ether oxygens (including phenoxy) is 1. The van der Waals surface area contributed by atoms with Gasteiger partial charge in [-0.25, -0.2) is 8.42 Å². The second kappa shape index (κ2) is 5.56. The van der Waals surface area contributed by atoms with Gasteiger partial charge in [0, 0.05) is 12.1 Å². The Kier molecular flexibility index (Phi) is 4.34. The summed E-state index contributed by atoms with van der Waals surface area (Å²) in [7, 11) is -2.75. The normalized spacial score (nSPS) is 10.9. The Morgan fingerprint density at radius 2 is 1.94 bits per heavy atom. The topological polar surface area (TPSA) is 116 Å². The lowest BCUT2D eigenvalue weighted by molar-refractivity contribution is -0.384. The van der Waals surface area contributed by atoms with Crippen molar-refractivity contribution in [3.05, 3.63) is 34.4 Å². The molecular weight excluding hydrogens is 264 g/mol. The zero-order valence-electron chi connectivity index (χ0n) is 9.32. The largest absolute Gasteiger partial charge is 0.468 e. The molecule has 0 heterocycles. The number of hydrogen-bond donors (Lipinski definition) is 1. The van der Waals surface area contributed by atoms with Crippen molar-refractivity contribution in [2.45, 2.75) is 4.90 Å². The Bertz CT molecular complexity index is 551. The number of hydrogen-bond acceptors (Lipinski definition) is 6. The van der Waals surface area contributed by atoms with Crippen LogP contribution in [0.25, 0.3) is 0 Å². The number of methoxy groups -OCH3 is 1. The molecule has 0 aliphatic carbocycles. The maximum absolute atomic E-state index is 11.6. The molecule has 0 saturated heterocycles. The third kappa shape index (κ3) is 3.50. The molecule has 0 aliphatic rings. The van der Waals surface area contributed by atoms with Crippen molar-refractivity contribution in [3.8, 4) is 0 Å². The second-order valence-corrected chi connectivity index (χ2v) is 4.92. The number of carbonyl (C=O) groups is 1. The maximum atomic E-state index is 11.6. The number of benzene rings is 1. The Hall–Kier alpha value is -2.00. The summed E-state index contributed by atoms with van der Waals surface area (Å²) in [5.41, 5.74) is -0.220. The smallest absolute Gasteiger partial charge is 0.320 e. The van der Waals surface area contributed by atoms with Crippen molar-refractivity contribution in [2.24, 2.45) is 0 Å². The standard InChI is InChI=1S/C9H10N2O6S/c1-17-9(12)6-10-18(15,16)8-4-2-7(3-5-8)11(13)14/h2-5,10H,6H2,1H3. The monoisotopic (exact) mass is 274 g/mol. The van der Waals surface area contributed by atoms with Gasteiger partial charge in [-0.1, -0.05) is 0 Å². The number of esters is 1. The third-order valence-electron chi connectivity index (χ3n) is 1.99. The van der Waals surface area contributed by atoms with Crippen molar-refractivity contribution in [1.29, 1.82) is 0 Å². The minimum absolute atomic E-state index is 0.169. The number of non-ortho nitro benzene ring substituents is 1. The molecule has 98 valence electrons. The highest BCUT2D eigenvalue weighted by Gasteiger charge is 2.16. The highest BCUT2D eigenvalue weighted by atomic mass is 32.2. The Labute approximate surface area is 103 Å². The first-order valence-electron chi connectivity index (χ1n) is 4.68. The van der Waals surface area contributed by atoms with Gasteiger partial charge in [-0.2, -0.15) is 4.72 Å². The first-order chi connectivity index (χ1) is 8.36. The number of carbonyl (C=O) groups excluding carboxylic acids is 1. The van der Waals surface area contributed by atoms with Gasteiger partial charge >= 0.3 is 5.97 Å². The molecule has 0 fully saturated rings. The molecule has 0 unspecified atom stereocenters. The van der Waals surface area contributed by atoms with Gasteiger partial charge in [0.2, 0.25) is 10.0 Å². The summed E-state index contributed by atoms with van der Waals surface area (Å²) in [4.78, 5) is 20.4. The zero-order chi connectivity index (χ0) is 13.8. The van der Waals surface area contributed by atoms with Crippen LogP contribution in [0.2, 0.25) is 0 Å². The zero-order valence-corrected chi connectivity index (χ0v) is 10.1. The van der Waals surface area contributed by atoms with E-state index in [0.717, 1.165) is 31.4 Å². The summed E-state index contributed by atoms with van der Waals surface area (Å²) >= 11 is 0. The van der Waals surface area contributed by atoms with Crippen molar-refractivity contribution in [3.63, 3.8) is 0 Å². The van der Waals surface area contributed by atoms with Crippen molar-refractivity contribution < 1.29 is 22.9 Å². The fourth-order valence-electron chi connectivity index (χ4n) is 1.06. The van der Waals surface area contributed by atoms with Crippen LogP contribution in [0, 0.1) is 10.1 Å². The van der Waals surface area contributed by atoms with Crippen molar-refractivity contribution >= 4 is 21.7 Å². The summed E-state index contributed by atoms with van der Waals surface area (Å²) in [6.45, 7) is -0.504. The molecule has 1 aromatic carbocycles. The molecule has 0 saturated carbocycles. The molecule has 0 bridgehead atoms. The minimum atomic E-state index is -3.88. The molecule has 1 aromatic rings. The van der Waals surface area contributed by atoms with Crippen LogP contribution in [0.3, 0.4) is 0 Å². The molecule has 0 aromatic heterocycles. The lowest BCUT2D eigenvalue weighted by Crippen LogP contribution is -2.30. The van der Waals surface area contributed by atoms with E-state index in [9.17, 15) is 23.3 Å². The highest BCUT2D eigenvalue weighted by molar-refractivity contribution is 7.89. The van der Waals surface area contributed by atoms with E-state index < -0.39 is 27.5 Å². The SMILES string of the molecule is COC(=O)CNS(=O)(=O)c1ccc([N+](=O)[O-])cc1. The third-order valence-corrected chi connectivity index (χ3v) is 3.41. The first kappa shape index (κ1) is 14.1. The van der Waals surface area contributed by atoms with Crippen LogP contribution in [0.4, 0.5) is 5.69 Å². The van der Waals surface area contributed by atoms with E-state index in [4.69, 9.17) is 0 Å². The van der Waals surface area contributed by atoms with Gasteiger partial charge in [-0.15, -0.1) is 0 Å². The van der Waals surface area contributed by atoms with Crippen LogP contribution >= 0.6 is 0 Å². The molecule has 0 amide bonds. The van der Waals surface area contributed by atoms with Gasteiger partial charge in [0.05, 0.1) is 16.9 Å². The number of nitrogens with zero attached hydrogens (tertiary/aromatic N) is 1. The summed E-state index contributed by atoms with van der Waals surface area (Å²) in [6.07, 6.45) is 0. The van der Waals surface area contributed by atoms with Crippen LogP contribution in [0.15, 0.2) is 29.2 Å². The van der Waals surface area contributed by atoms with Gasteiger partial charge in [-0.05, 0) is 12.1 Å². The average Bonchev–Trinajstić information content (AvgIpc) is 2.36. The molecule has 0 aliphatic heterocycles.